The smallest absolute Gasteiger partial charge is 0.322 e. The molecule has 5 heteroatoms. The number of aliphatic hydroxyl groups excluding tert-OH is 1. The molecule has 1 aromatic rings. The summed E-state index contributed by atoms with van der Waals surface area (Å²) in [5, 5.41) is 11.7. The van der Waals surface area contributed by atoms with E-state index in [1.807, 2.05) is 38.1 Å². The number of rotatable bonds is 5. The van der Waals surface area contributed by atoms with Crippen molar-refractivity contribution in [3.05, 3.63) is 29.8 Å². The molecule has 0 aliphatic rings. The molecule has 0 aliphatic heterocycles. The van der Waals surface area contributed by atoms with Crippen molar-refractivity contribution in [3.8, 4) is 0 Å². The highest BCUT2D eigenvalue weighted by molar-refractivity contribution is 5.89. The highest BCUT2D eigenvalue weighted by Gasteiger charge is 2.16. The Labute approximate surface area is 108 Å². The highest BCUT2D eigenvalue weighted by atomic mass is 16.3. The molecule has 100 valence electrons. The van der Waals surface area contributed by atoms with Crippen LogP contribution in [0.3, 0.4) is 0 Å². The molecule has 0 fully saturated rings. The molecule has 0 saturated carbocycles. The van der Waals surface area contributed by atoms with Crippen LogP contribution in [0.1, 0.15) is 19.4 Å². The predicted octanol–water partition coefficient (Wildman–Crippen LogP) is 1.38. The molecule has 0 spiro atoms. The van der Waals surface area contributed by atoms with Gasteiger partial charge in [-0.25, -0.2) is 4.79 Å². The summed E-state index contributed by atoms with van der Waals surface area (Å²) in [6.45, 7) is 4.53. The van der Waals surface area contributed by atoms with Gasteiger partial charge >= 0.3 is 6.03 Å². The lowest BCUT2D eigenvalue weighted by molar-refractivity contribution is 0.172. The van der Waals surface area contributed by atoms with Crippen molar-refractivity contribution in [2.45, 2.75) is 26.4 Å². The Kier molecular flexibility index (Phi) is 5.61. The number of hydrogen-bond acceptors (Lipinski definition) is 3. The number of nitrogens with one attached hydrogen (secondary N) is 1. The second-order valence-corrected chi connectivity index (χ2v) is 4.35. The molecule has 4 N–H and O–H groups in total. The van der Waals surface area contributed by atoms with Crippen molar-refractivity contribution in [1.82, 2.24) is 4.90 Å². The summed E-state index contributed by atoms with van der Waals surface area (Å²) in [5.41, 5.74) is 7.23. The molecule has 0 aromatic heterocycles. The molecule has 1 aromatic carbocycles. The zero-order valence-electron chi connectivity index (χ0n) is 10.9. The van der Waals surface area contributed by atoms with Crippen LogP contribution >= 0.6 is 0 Å². The lowest BCUT2D eigenvalue weighted by atomic mass is 10.2. The van der Waals surface area contributed by atoms with Gasteiger partial charge in [-0.3, -0.25) is 0 Å². The average molecular weight is 251 g/mol. The molecule has 5 nitrogen and oxygen atoms in total. The number of hydrogen-bond donors (Lipinski definition) is 3. The van der Waals surface area contributed by atoms with Gasteiger partial charge in [-0.05, 0) is 31.5 Å². The second-order valence-electron chi connectivity index (χ2n) is 4.35. The fraction of sp³-hybridized carbons (Fsp3) is 0.462. The Morgan fingerprint density at radius 2 is 2.22 bits per heavy atom. The van der Waals surface area contributed by atoms with Crippen molar-refractivity contribution in [3.63, 3.8) is 0 Å². The monoisotopic (exact) mass is 251 g/mol. The maximum absolute atomic E-state index is 12.0. The van der Waals surface area contributed by atoms with Crippen molar-refractivity contribution in [1.29, 1.82) is 0 Å². The van der Waals surface area contributed by atoms with E-state index in [2.05, 4.69) is 5.32 Å². The third kappa shape index (κ3) is 4.01. The van der Waals surface area contributed by atoms with E-state index >= 15 is 0 Å². The van der Waals surface area contributed by atoms with E-state index in [0.29, 0.717) is 18.8 Å². The van der Waals surface area contributed by atoms with Crippen LogP contribution < -0.4 is 11.1 Å². The SMILES string of the molecule is CC(C)N(CCO)C(=O)Nc1cccc(CN)c1. The number of amides is 2. The van der Waals surface area contributed by atoms with Gasteiger partial charge in [0.25, 0.3) is 0 Å². The lowest BCUT2D eigenvalue weighted by Gasteiger charge is -2.26. The van der Waals surface area contributed by atoms with Crippen molar-refractivity contribution >= 4 is 11.7 Å². The second kappa shape index (κ2) is 6.98. The number of carbonyl (C=O) groups is 1. The Morgan fingerprint density at radius 1 is 1.50 bits per heavy atom. The summed E-state index contributed by atoms with van der Waals surface area (Å²) in [6, 6.07) is 7.24. The summed E-state index contributed by atoms with van der Waals surface area (Å²) in [4.78, 5) is 13.6. The molecule has 0 saturated heterocycles. The first-order chi connectivity index (χ1) is 8.58. The van der Waals surface area contributed by atoms with Crippen LogP contribution in [0, 0.1) is 0 Å². The largest absolute Gasteiger partial charge is 0.395 e. The minimum Gasteiger partial charge on any atom is -0.395 e. The van der Waals surface area contributed by atoms with Crippen LogP contribution in [-0.4, -0.2) is 35.2 Å². The van der Waals surface area contributed by atoms with Crippen LogP contribution in [0.25, 0.3) is 0 Å². The third-order valence-corrected chi connectivity index (χ3v) is 2.64. The molecule has 18 heavy (non-hydrogen) atoms. The van der Waals surface area contributed by atoms with Crippen LogP contribution in [0.15, 0.2) is 24.3 Å². The molecule has 0 aliphatic carbocycles. The molecule has 0 unspecified atom stereocenters. The molecule has 0 bridgehead atoms. The van der Waals surface area contributed by atoms with Gasteiger partial charge in [0.1, 0.15) is 0 Å². The fourth-order valence-corrected chi connectivity index (χ4v) is 1.67. The summed E-state index contributed by atoms with van der Waals surface area (Å²) in [7, 11) is 0. The van der Waals surface area contributed by atoms with Crippen molar-refractivity contribution < 1.29 is 9.90 Å². The van der Waals surface area contributed by atoms with Gasteiger partial charge in [-0.2, -0.15) is 0 Å². The van der Waals surface area contributed by atoms with E-state index in [4.69, 9.17) is 10.8 Å². The maximum Gasteiger partial charge on any atom is 0.322 e. The van der Waals surface area contributed by atoms with Crippen molar-refractivity contribution in [2.75, 3.05) is 18.5 Å². The Balaban J connectivity index is 2.72. The number of anilines is 1. The zero-order chi connectivity index (χ0) is 13.5. The lowest BCUT2D eigenvalue weighted by Crippen LogP contribution is -2.41. The molecule has 2 amide bonds. The van der Waals surface area contributed by atoms with Gasteiger partial charge in [0.2, 0.25) is 0 Å². The van der Waals surface area contributed by atoms with Gasteiger partial charge in [-0.1, -0.05) is 12.1 Å². The quantitative estimate of drug-likeness (QED) is 0.739. The fourth-order valence-electron chi connectivity index (χ4n) is 1.67. The van der Waals surface area contributed by atoms with Gasteiger partial charge in [0, 0.05) is 24.8 Å². The molecule has 0 atom stereocenters. The van der Waals surface area contributed by atoms with E-state index in [9.17, 15) is 4.79 Å². The highest BCUT2D eigenvalue weighted by Crippen LogP contribution is 2.11. The summed E-state index contributed by atoms with van der Waals surface area (Å²) in [6.07, 6.45) is 0. The first kappa shape index (κ1) is 14.5. The number of nitrogens with two attached hydrogens (primary N) is 1. The van der Waals surface area contributed by atoms with E-state index in [-0.39, 0.29) is 18.7 Å². The van der Waals surface area contributed by atoms with Crippen LogP contribution in [0.2, 0.25) is 0 Å². The summed E-state index contributed by atoms with van der Waals surface area (Å²) < 4.78 is 0. The van der Waals surface area contributed by atoms with Gasteiger partial charge in [0.05, 0.1) is 6.61 Å². The first-order valence-corrected chi connectivity index (χ1v) is 6.06. The van der Waals surface area contributed by atoms with Crippen LogP contribution in [-0.2, 0) is 6.54 Å². The molecule has 0 radical (unpaired) electrons. The van der Waals surface area contributed by atoms with Gasteiger partial charge < -0.3 is 21.1 Å². The summed E-state index contributed by atoms with van der Waals surface area (Å²) in [5.74, 6) is 0. The molecular weight excluding hydrogens is 230 g/mol. The normalized spacial score (nSPS) is 10.5. The van der Waals surface area contributed by atoms with Gasteiger partial charge in [0.15, 0.2) is 0 Å². The molecule has 1 rings (SSSR count). The first-order valence-electron chi connectivity index (χ1n) is 6.06. The maximum atomic E-state index is 12.0. The minimum absolute atomic E-state index is 0.0369. The minimum atomic E-state index is -0.215. The Bertz CT molecular complexity index is 394. The van der Waals surface area contributed by atoms with E-state index < -0.39 is 0 Å². The van der Waals surface area contributed by atoms with Crippen molar-refractivity contribution in [2.24, 2.45) is 5.73 Å². The number of benzene rings is 1. The number of aliphatic hydroxyl groups is 1. The molecular formula is C13H21N3O2. The summed E-state index contributed by atoms with van der Waals surface area (Å²) >= 11 is 0. The van der Waals surface area contributed by atoms with E-state index in [0.717, 1.165) is 5.56 Å². The Hall–Kier alpha value is -1.59. The van der Waals surface area contributed by atoms with Gasteiger partial charge in [-0.15, -0.1) is 0 Å². The van der Waals surface area contributed by atoms with E-state index in [1.54, 1.807) is 4.90 Å². The average Bonchev–Trinajstić information content (AvgIpc) is 2.35. The van der Waals surface area contributed by atoms with Crippen LogP contribution in [0.5, 0.6) is 0 Å². The number of carbonyl (C=O) groups excluding carboxylic acids is 1. The van der Waals surface area contributed by atoms with Crippen LogP contribution in [0.4, 0.5) is 10.5 Å². The Morgan fingerprint density at radius 3 is 2.78 bits per heavy atom. The standard InChI is InChI=1S/C13H21N3O2/c1-10(2)16(6-7-17)13(18)15-12-5-3-4-11(8-12)9-14/h3-5,8,10,17H,6-7,9,14H2,1-2H3,(H,15,18). The predicted molar refractivity (Wildman–Crippen MR) is 72.3 cm³/mol. The number of nitrogens with zero attached hydrogens (tertiary/aromatic N) is 1. The third-order valence-electron chi connectivity index (χ3n) is 2.64. The molecule has 0 heterocycles. The zero-order valence-corrected chi connectivity index (χ0v) is 10.9. The van der Waals surface area contributed by atoms with E-state index in [1.165, 1.54) is 0 Å². The topological polar surface area (TPSA) is 78.6 Å². The number of urea groups is 1.